The van der Waals surface area contributed by atoms with Crippen molar-refractivity contribution < 1.29 is 67.0 Å². The summed E-state index contributed by atoms with van der Waals surface area (Å²) in [7, 11) is -5.05. The molecule has 0 spiro atoms. The number of nitrogens with one attached hydrogen (secondary N) is 5. The molecular weight excluding hydrogens is 1180 g/mol. The zero-order valence-corrected chi connectivity index (χ0v) is 54.5. The Hall–Kier alpha value is -6.45. The Morgan fingerprint density at radius 3 is 1.91 bits per heavy atom. The van der Waals surface area contributed by atoms with Gasteiger partial charge in [-0.15, -0.1) is 0 Å². The summed E-state index contributed by atoms with van der Waals surface area (Å²) >= 11 is 0. The predicted molar refractivity (Wildman–Crippen MR) is 332 cm³/mol. The van der Waals surface area contributed by atoms with Crippen LogP contribution in [0.2, 0.25) is 0 Å². The number of aryl methyl sites for hydroxylation is 2. The molecule has 498 valence electrons. The Morgan fingerprint density at radius 2 is 1.32 bits per heavy atom. The average Bonchev–Trinajstić information content (AvgIpc) is 1.53. The number of amides is 7. The van der Waals surface area contributed by atoms with Crippen LogP contribution in [-0.2, 0) is 51.9 Å². The zero-order chi connectivity index (χ0) is 66.7. The van der Waals surface area contributed by atoms with E-state index >= 15 is 0 Å². The van der Waals surface area contributed by atoms with E-state index in [1.807, 2.05) is 67.5 Å². The minimum absolute atomic E-state index is 0.0183. The summed E-state index contributed by atoms with van der Waals surface area (Å²) in [6, 6.07) is 1.17. The lowest BCUT2D eigenvalue weighted by atomic mass is 9.56. The molecule has 7 amide bonds. The number of aliphatic hydroxyl groups excluding tert-OH is 2. The van der Waals surface area contributed by atoms with Crippen molar-refractivity contribution in [3.63, 3.8) is 0 Å². The first kappa shape index (κ1) is 69.4. The van der Waals surface area contributed by atoms with E-state index in [0.29, 0.717) is 28.8 Å². The lowest BCUT2D eigenvalue weighted by molar-refractivity contribution is -0.124. The number of benzene rings is 1. The molecule has 8 rings (SSSR count). The van der Waals surface area contributed by atoms with Crippen LogP contribution in [0.5, 0.6) is 0 Å². The quantitative estimate of drug-likeness (QED) is 0.0596. The van der Waals surface area contributed by atoms with Gasteiger partial charge in [-0.1, -0.05) is 34.6 Å². The van der Waals surface area contributed by atoms with Crippen LogP contribution in [0, 0.1) is 59.2 Å². The van der Waals surface area contributed by atoms with E-state index in [4.69, 9.17) is 48.2 Å². The maximum absolute atomic E-state index is 14.4. The van der Waals surface area contributed by atoms with E-state index in [2.05, 4.69) is 51.5 Å². The van der Waals surface area contributed by atoms with Crippen molar-refractivity contribution in [1.82, 2.24) is 36.1 Å². The lowest BCUT2D eigenvalue weighted by Crippen LogP contribution is -2.64. The summed E-state index contributed by atoms with van der Waals surface area (Å²) in [5.74, 6) is -6.20. The van der Waals surface area contributed by atoms with E-state index in [1.165, 1.54) is 13.3 Å². The number of allylic oxidation sites excluding steroid dienone is 3. The van der Waals surface area contributed by atoms with Crippen molar-refractivity contribution in [2.75, 3.05) is 13.2 Å². The van der Waals surface area contributed by atoms with Crippen molar-refractivity contribution in [2.24, 2.45) is 79.7 Å². The number of aliphatic hydroxyl groups is 2. The fraction of sp³-hybridized carbons (Fsp3) is 0.677. The molecule has 0 aliphatic carbocycles. The van der Waals surface area contributed by atoms with Crippen LogP contribution in [0.1, 0.15) is 150 Å². The molecule has 5 fully saturated rings. The summed E-state index contributed by atoms with van der Waals surface area (Å²) in [4.78, 5) is 109. The maximum Gasteiger partial charge on any atom is 0.472 e. The number of phosphoric acid groups is 1. The van der Waals surface area contributed by atoms with E-state index < -0.39 is 156 Å². The molecule has 2 aromatic rings. The van der Waals surface area contributed by atoms with E-state index in [0.717, 1.165) is 28.0 Å². The molecule has 6 aliphatic rings. The number of phosphoric ester groups is 1. The Balaban J connectivity index is 1.18. The number of rotatable bonds is 26. The third-order valence-electron chi connectivity index (χ3n) is 21.7. The van der Waals surface area contributed by atoms with Gasteiger partial charge in [-0.3, -0.25) is 42.6 Å². The van der Waals surface area contributed by atoms with Crippen molar-refractivity contribution in [2.45, 2.75) is 207 Å². The second kappa shape index (κ2) is 25.9. The van der Waals surface area contributed by atoms with Crippen molar-refractivity contribution in [1.29, 1.82) is 0 Å². The van der Waals surface area contributed by atoms with Crippen LogP contribution >= 0.6 is 7.82 Å². The monoisotopic (exact) mass is 1280 g/mol. The molecule has 0 radical (unpaired) electrons. The summed E-state index contributed by atoms with van der Waals surface area (Å²) in [5.41, 5.74) is 37.8. The topological polar surface area (TPSA) is 459 Å². The number of aromatic nitrogens is 2. The van der Waals surface area contributed by atoms with Gasteiger partial charge in [-0.25, -0.2) is 9.55 Å². The highest BCUT2D eigenvalue weighted by atomic mass is 31.2. The standard InChI is InChI=1S/C62H96N13O14P/c1-29-20-39-40(21-30(29)2)75(28-70-39)57-52(84)53(41(27-76)87-57)89-90(85,86)88-31(3)26-69-49(83)18-19-59(8)37(22-46(66)80)56-62(11)61(10,25-48(68)82)36(14-17-45(65)79)51(74-62)33(5)55-60(9,24-47(67)81)34(12-15-43(63)77)38(71-55)23-42-58(6,7)35(13-16-44(64)78)50(72-42)32(4)54(59)73-56/h20-21,23,28,31,34-38,41,50-53,56-57,71-74,76,84H,12-19,22,24-27H2,1-11H3,(H2,63,77)(H2,64,78)(H2,65,79)(H2,66,80)(H2,67,81)(H2,68,82)(H,69,83)(H,85,86)/b42-23-,54-32+,55-33-/t31-,34-,35-,36-,37+,38?,41-,50?,51?,52-,53-,56-,57+,59-,60+,61+,62+/m1/s1. The molecule has 6 aliphatic heterocycles. The first-order valence-corrected chi connectivity index (χ1v) is 32.6. The summed E-state index contributed by atoms with van der Waals surface area (Å²) < 4.78 is 32.3. The van der Waals surface area contributed by atoms with Gasteiger partial charge in [-0.05, 0) is 125 Å². The van der Waals surface area contributed by atoms with Crippen molar-refractivity contribution >= 4 is 60.2 Å². The SMILES string of the molecule is C/C1=C2/NC(/C=C3\NC(/C(C)=C4/N[C@H]([C@H](CC(N)=O)[C@@]4(C)CCC(=O)NC[C@@H](C)OP(=O)(O)O[C@H]4[C@@H](O)[C@@H](n5cnc6cc(C)c(C)cc65)O[C@@H]4CO)[C@]4(C)NC1[C@@H](CCC(N)=O)[C@]4(C)CC(N)=O)[C@@H](CCC(N)=O)C3(C)C)[C@@H](CCC(N)=O)[C@]2(C)CC(N)=O. The number of imidazole rings is 1. The van der Waals surface area contributed by atoms with Crippen LogP contribution in [-0.4, -0.2) is 133 Å². The smallest absolute Gasteiger partial charge is 0.394 e. The number of fused-ring (bicyclic) bond motifs is 10. The number of hydrogen-bond donors (Lipinski definition) is 14. The van der Waals surface area contributed by atoms with Gasteiger partial charge in [0, 0.05) is 120 Å². The fourth-order valence-electron chi connectivity index (χ4n) is 16.7. The van der Waals surface area contributed by atoms with E-state index in [1.54, 1.807) is 4.57 Å². The molecule has 27 nitrogen and oxygen atoms in total. The number of nitrogens with two attached hydrogens (primary N) is 6. The molecule has 90 heavy (non-hydrogen) atoms. The van der Waals surface area contributed by atoms with Gasteiger partial charge in [0.25, 0.3) is 0 Å². The second-order valence-corrected chi connectivity index (χ2v) is 29.2. The second-order valence-electron chi connectivity index (χ2n) is 27.9. The van der Waals surface area contributed by atoms with Crippen molar-refractivity contribution in [3.05, 3.63) is 63.9 Å². The van der Waals surface area contributed by atoms with E-state index in [9.17, 15) is 53.2 Å². The molecular formula is C62H96N13O14P. The summed E-state index contributed by atoms with van der Waals surface area (Å²) in [6.45, 7) is 20.1. The number of ether oxygens (including phenoxy) is 1. The number of carbonyl (C=O) groups is 7. The molecule has 8 bridgehead atoms. The van der Waals surface area contributed by atoms with Crippen molar-refractivity contribution in [3.8, 4) is 0 Å². The summed E-state index contributed by atoms with van der Waals surface area (Å²) in [6.07, 6.45) is -3.15. The number of primary amides is 6. The Bertz CT molecular complexity index is 3330. The molecule has 4 unspecified atom stereocenters. The Labute approximate surface area is 525 Å². The Kier molecular flexibility index (Phi) is 20.0. The molecule has 1 aromatic carbocycles. The van der Waals surface area contributed by atoms with Crippen LogP contribution in [0.25, 0.3) is 11.0 Å². The fourth-order valence-corrected chi connectivity index (χ4v) is 17.8. The molecule has 0 saturated carbocycles. The van der Waals surface area contributed by atoms with Crippen LogP contribution in [0.4, 0.5) is 0 Å². The first-order valence-electron chi connectivity index (χ1n) is 31.1. The minimum Gasteiger partial charge on any atom is -0.394 e. The maximum atomic E-state index is 14.4. The van der Waals surface area contributed by atoms with Crippen LogP contribution in [0.15, 0.2) is 52.8 Å². The number of nitrogens with zero attached hydrogens (tertiary/aromatic N) is 2. The van der Waals surface area contributed by atoms with Gasteiger partial charge in [0.2, 0.25) is 41.4 Å². The molecule has 18 atom stereocenters. The first-order chi connectivity index (χ1) is 41.8. The molecule has 7 heterocycles. The predicted octanol–water partition coefficient (Wildman–Crippen LogP) is 1.71. The summed E-state index contributed by atoms with van der Waals surface area (Å²) in [5, 5.41) is 40.2. The molecule has 28 heteroatoms. The van der Waals surface area contributed by atoms with Gasteiger partial charge < -0.3 is 85.4 Å². The third kappa shape index (κ3) is 13.2. The number of carbonyl (C=O) groups excluding carboxylic acids is 7. The van der Waals surface area contributed by atoms with Gasteiger partial charge in [0.1, 0.15) is 18.3 Å². The molecule has 1 aromatic heterocycles. The third-order valence-corrected chi connectivity index (χ3v) is 22.8. The minimum atomic E-state index is -5.05. The normalized spacial score (nSPS) is 36.7. The highest BCUT2D eigenvalue weighted by Crippen LogP contribution is 2.62. The van der Waals surface area contributed by atoms with Gasteiger partial charge in [0.05, 0.1) is 36.1 Å². The molecule has 20 N–H and O–H groups in total. The largest absolute Gasteiger partial charge is 0.472 e. The Morgan fingerprint density at radius 1 is 0.744 bits per heavy atom. The van der Waals surface area contributed by atoms with Gasteiger partial charge >= 0.3 is 7.82 Å². The van der Waals surface area contributed by atoms with Crippen LogP contribution in [0.3, 0.4) is 0 Å². The van der Waals surface area contributed by atoms with Gasteiger partial charge in [0.15, 0.2) is 6.23 Å². The van der Waals surface area contributed by atoms with Crippen LogP contribution < -0.4 is 61.0 Å². The number of hydrogen-bond acceptors (Lipinski definition) is 18. The zero-order valence-electron chi connectivity index (χ0n) is 53.6. The highest BCUT2D eigenvalue weighted by Gasteiger charge is 2.68. The molecule has 5 saturated heterocycles. The lowest BCUT2D eigenvalue weighted by Gasteiger charge is -2.49. The highest BCUT2D eigenvalue weighted by molar-refractivity contribution is 7.47. The van der Waals surface area contributed by atoms with E-state index in [-0.39, 0.29) is 76.7 Å². The average molecular weight is 1280 g/mol. The van der Waals surface area contributed by atoms with Gasteiger partial charge in [-0.2, -0.15) is 0 Å².